The molecule has 0 aliphatic carbocycles. The molecule has 0 aromatic heterocycles. The predicted molar refractivity (Wildman–Crippen MR) is 134 cm³/mol. The molecule has 4 atom stereocenters. The molecule has 0 unspecified atom stereocenters. The molecule has 2 amide bonds. The maximum absolute atomic E-state index is 14.8. The number of carbonyl (C=O) groups is 3. The Labute approximate surface area is 212 Å². The maximum atomic E-state index is 14.8. The minimum atomic E-state index is -1.32. The summed E-state index contributed by atoms with van der Waals surface area (Å²) in [6, 6.07) is 19.9. The number of Topliss-reactive ketones (excluding diaryl/α,β-unsaturated/α-hetero) is 1. The molecule has 2 spiro atoms. The zero-order chi connectivity index (χ0) is 24.9. The molecule has 8 heteroatoms. The van der Waals surface area contributed by atoms with Crippen molar-refractivity contribution in [3.8, 4) is 11.5 Å². The van der Waals surface area contributed by atoms with Crippen LogP contribution in [0.15, 0.2) is 66.7 Å². The number of rotatable bonds is 2. The number of hydrogen-bond acceptors (Lipinski definition) is 6. The van der Waals surface area contributed by atoms with Crippen LogP contribution in [0, 0.1) is 5.92 Å². The minimum absolute atomic E-state index is 0.0890. The second kappa shape index (κ2) is 6.98. The van der Waals surface area contributed by atoms with Gasteiger partial charge >= 0.3 is 0 Å². The fraction of sp³-hybridized carbons (Fsp3) is 0.276. The summed E-state index contributed by atoms with van der Waals surface area (Å²) < 4.78 is 11.0. The van der Waals surface area contributed by atoms with E-state index in [1.165, 1.54) is 0 Å². The number of carbonyl (C=O) groups excluding carboxylic acids is 3. The van der Waals surface area contributed by atoms with Gasteiger partial charge in [0.25, 0.3) is 0 Å². The number of amides is 2. The van der Waals surface area contributed by atoms with Crippen molar-refractivity contribution < 1.29 is 23.9 Å². The van der Waals surface area contributed by atoms with Crippen LogP contribution in [-0.2, 0) is 20.5 Å². The topological polar surface area (TPSA) is 97.0 Å². The Morgan fingerprint density at radius 2 is 1.57 bits per heavy atom. The van der Waals surface area contributed by atoms with E-state index in [1.54, 1.807) is 18.2 Å². The smallest absolute Gasteiger partial charge is 0.250 e. The van der Waals surface area contributed by atoms with Crippen molar-refractivity contribution in [2.24, 2.45) is 5.92 Å². The van der Waals surface area contributed by atoms with E-state index in [-0.39, 0.29) is 30.4 Å². The number of fused-ring (bicyclic) bond motifs is 8. The van der Waals surface area contributed by atoms with E-state index >= 15 is 0 Å². The van der Waals surface area contributed by atoms with Crippen LogP contribution in [0.3, 0.4) is 0 Å². The molecule has 0 bridgehead atoms. The summed E-state index contributed by atoms with van der Waals surface area (Å²) in [6.07, 6.45) is 1.55. The first-order valence-corrected chi connectivity index (χ1v) is 12.6. The van der Waals surface area contributed by atoms with Crippen molar-refractivity contribution in [2.75, 3.05) is 24.0 Å². The Bertz CT molecular complexity index is 1470. The van der Waals surface area contributed by atoms with Crippen LogP contribution in [0.2, 0.25) is 0 Å². The molecule has 5 aliphatic heterocycles. The molecule has 2 saturated heterocycles. The SMILES string of the molecule is O=C(c1ccc2c(c1)OCO2)[C@H]1[C@@]2(C(=O)Nc3ccccc32)[C@H]2CCCN2[C@@]12C(=O)Nc1ccccc12. The summed E-state index contributed by atoms with van der Waals surface area (Å²) in [7, 11) is 0. The molecule has 5 aliphatic rings. The third-order valence-corrected chi connectivity index (χ3v) is 8.95. The van der Waals surface area contributed by atoms with Crippen molar-refractivity contribution in [1.82, 2.24) is 4.90 Å². The van der Waals surface area contributed by atoms with E-state index in [0.29, 0.717) is 41.4 Å². The standard InChI is InChI=1S/C29H23N3O5/c33-24(16-11-12-21-22(14-16)37-15-36-21)25-28(17-6-1-3-8-19(17)30-26(28)34)23-10-5-13-32(23)29(25)18-7-2-4-9-20(18)31-27(29)35/h1-4,6-9,11-12,14,23,25H,5,10,13,15H2,(H,30,34)(H,31,35)/t23-,25+,28+,29-/m1/s1. The van der Waals surface area contributed by atoms with Crippen molar-refractivity contribution in [2.45, 2.75) is 29.8 Å². The third kappa shape index (κ3) is 2.31. The van der Waals surface area contributed by atoms with E-state index < -0.39 is 16.9 Å². The summed E-state index contributed by atoms with van der Waals surface area (Å²) in [5.74, 6) is -0.669. The summed E-state index contributed by atoms with van der Waals surface area (Å²) in [5, 5.41) is 6.13. The average Bonchev–Trinajstić information content (AvgIpc) is 3.71. The van der Waals surface area contributed by atoms with Gasteiger partial charge in [0.1, 0.15) is 11.0 Å². The quantitative estimate of drug-likeness (QED) is 0.531. The first-order chi connectivity index (χ1) is 18.1. The van der Waals surface area contributed by atoms with Gasteiger partial charge < -0.3 is 20.1 Å². The largest absolute Gasteiger partial charge is 0.454 e. The maximum Gasteiger partial charge on any atom is 0.250 e. The molecule has 3 aromatic carbocycles. The average molecular weight is 494 g/mol. The van der Waals surface area contributed by atoms with Crippen molar-refractivity contribution >= 4 is 29.0 Å². The van der Waals surface area contributed by atoms with E-state index in [9.17, 15) is 14.4 Å². The summed E-state index contributed by atoms with van der Waals surface area (Å²) in [4.78, 5) is 45.4. The van der Waals surface area contributed by atoms with Crippen LogP contribution in [0.5, 0.6) is 11.5 Å². The van der Waals surface area contributed by atoms with Crippen LogP contribution in [0.1, 0.15) is 34.3 Å². The minimum Gasteiger partial charge on any atom is -0.454 e. The van der Waals surface area contributed by atoms with E-state index in [4.69, 9.17) is 9.47 Å². The molecule has 37 heavy (non-hydrogen) atoms. The number of benzene rings is 3. The molecule has 3 aromatic rings. The predicted octanol–water partition coefficient (Wildman–Crippen LogP) is 3.43. The molecule has 8 rings (SSSR count). The fourth-order valence-corrected chi connectivity index (χ4v) is 7.72. The normalized spacial score (nSPS) is 30.4. The molecular weight excluding hydrogens is 470 g/mol. The lowest BCUT2D eigenvalue weighted by Gasteiger charge is -2.38. The van der Waals surface area contributed by atoms with Gasteiger partial charge in [-0.25, -0.2) is 0 Å². The Morgan fingerprint density at radius 1 is 0.865 bits per heavy atom. The highest BCUT2D eigenvalue weighted by atomic mass is 16.7. The van der Waals surface area contributed by atoms with E-state index in [0.717, 1.165) is 17.5 Å². The molecule has 0 radical (unpaired) electrons. The van der Waals surface area contributed by atoms with Crippen LogP contribution < -0.4 is 20.1 Å². The van der Waals surface area contributed by atoms with E-state index in [2.05, 4.69) is 15.5 Å². The van der Waals surface area contributed by atoms with Gasteiger partial charge in [-0.3, -0.25) is 19.3 Å². The van der Waals surface area contributed by atoms with Crippen LogP contribution >= 0.6 is 0 Å². The second-order valence-electron chi connectivity index (χ2n) is 10.4. The number of nitrogens with one attached hydrogen (secondary N) is 2. The second-order valence-corrected chi connectivity index (χ2v) is 10.4. The zero-order valence-electron chi connectivity index (χ0n) is 19.8. The Hall–Kier alpha value is -4.17. The number of para-hydroxylation sites is 2. The van der Waals surface area contributed by atoms with Crippen LogP contribution in [-0.4, -0.2) is 41.9 Å². The summed E-state index contributed by atoms with van der Waals surface area (Å²) >= 11 is 0. The van der Waals surface area contributed by atoms with Crippen molar-refractivity contribution in [1.29, 1.82) is 0 Å². The van der Waals surface area contributed by atoms with Crippen molar-refractivity contribution in [3.63, 3.8) is 0 Å². The highest BCUT2D eigenvalue weighted by Gasteiger charge is 2.78. The van der Waals surface area contributed by atoms with Gasteiger partial charge in [-0.1, -0.05) is 36.4 Å². The Morgan fingerprint density at radius 3 is 2.41 bits per heavy atom. The van der Waals surface area contributed by atoms with Gasteiger partial charge in [0, 0.05) is 28.5 Å². The fourth-order valence-electron chi connectivity index (χ4n) is 7.72. The Balaban J connectivity index is 1.45. The molecule has 2 N–H and O–H groups in total. The monoisotopic (exact) mass is 493 g/mol. The third-order valence-electron chi connectivity index (χ3n) is 8.95. The summed E-state index contributed by atoms with van der Waals surface area (Å²) in [6.45, 7) is 0.709. The lowest BCUT2D eigenvalue weighted by Crippen LogP contribution is -2.55. The van der Waals surface area contributed by atoms with E-state index in [1.807, 2.05) is 48.5 Å². The molecule has 2 fully saturated rings. The van der Waals surface area contributed by atoms with Crippen LogP contribution in [0.25, 0.3) is 0 Å². The number of nitrogens with zero attached hydrogens (tertiary/aromatic N) is 1. The lowest BCUT2D eigenvalue weighted by molar-refractivity contribution is -0.128. The molecule has 0 saturated carbocycles. The van der Waals surface area contributed by atoms with Gasteiger partial charge in [0.05, 0.1) is 5.92 Å². The lowest BCUT2D eigenvalue weighted by atomic mass is 9.60. The highest BCUT2D eigenvalue weighted by molar-refractivity contribution is 6.18. The van der Waals surface area contributed by atoms with Crippen molar-refractivity contribution in [3.05, 3.63) is 83.4 Å². The number of hydrogen-bond donors (Lipinski definition) is 2. The van der Waals surface area contributed by atoms with Gasteiger partial charge in [0.15, 0.2) is 17.3 Å². The molecular formula is C29H23N3O5. The first-order valence-electron chi connectivity index (χ1n) is 12.6. The molecule has 8 nitrogen and oxygen atoms in total. The number of ether oxygens (including phenoxy) is 2. The van der Waals surface area contributed by atoms with Crippen LogP contribution in [0.4, 0.5) is 11.4 Å². The number of anilines is 2. The molecule has 5 heterocycles. The summed E-state index contributed by atoms with van der Waals surface area (Å²) in [5.41, 5.74) is 0.764. The first kappa shape index (κ1) is 21.0. The van der Waals surface area contributed by atoms with Gasteiger partial charge in [-0.05, 0) is 55.3 Å². The molecule has 184 valence electrons. The Kier molecular flexibility index (Phi) is 3.96. The van der Waals surface area contributed by atoms with Gasteiger partial charge in [0.2, 0.25) is 18.6 Å². The van der Waals surface area contributed by atoms with Gasteiger partial charge in [-0.2, -0.15) is 0 Å². The highest BCUT2D eigenvalue weighted by Crippen LogP contribution is 2.66. The van der Waals surface area contributed by atoms with Gasteiger partial charge in [-0.15, -0.1) is 0 Å². The number of ketones is 1. The zero-order valence-corrected chi connectivity index (χ0v) is 19.8.